The molecule has 1 fully saturated rings. The van der Waals surface area contributed by atoms with Gasteiger partial charge >= 0.3 is 0 Å². The summed E-state index contributed by atoms with van der Waals surface area (Å²) >= 11 is 6.27. The Bertz CT molecular complexity index is 988. The predicted molar refractivity (Wildman–Crippen MR) is 124 cm³/mol. The molecular weight excluding hydrogens is 434 g/mol. The maximum absolute atomic E-state index is 13.2. The molecular formula is C23H30ClN3O3S. The van der Waals surface area contributed by atoms with Gasteiger partial charge in [-0.1, -0.05) is 54.8 Å². The SMILES string of the molecule is CN(C)CC(NC(=O)c1ccc(Cl)c(S(=O)(=O)N2CCCCCC2)c1)c1ccccc1. The topological polar surface area (TPSA) is 69.7 Å². The molecule has 1 amide bonds. The molecule has 8 heteroatoms. The van der Waals surface area contributed by atoms with Crippen LogP contribution < -0.4 is 5.32 Å². The number of sulfonamides is 1. The summed E-state index contributed by atoms with van der Waals surface area (Å²) in [5.74, 6) is -0.334. The van der Waals surface area contributed by atoms with Gasteiger partial charge in [-0.25, -0.2) is 8.42 Å². The third-order valence-electron chi connectivity index (χ3n) is 5.43. The van der Waals surface area contributed by atoms with Gasteiger partial charge in [-0.2, -0.15) is 4.31 Å². The zero-order valence-corrected chi connectivity index (χ0v) is 19.6. The van der Waals surface area contributed by atoms with Crippen LogP contribution in [0.4, 0.5) is 0 Å². The number of nitrogens with zero attached hydrogens (tertiary/aromatic N) is 2. The lowest BCUT2D eigenvalue weighted by atomic mass is 10.1. The van der Waals surface area contributed by atoms with Gasteiger partial charge in [0.2, 0.25) is 10.0 Å². The molecule has 1 heterocycles. The van der Waals surface area contributed by atoms with Crippen LogP contribution in [0.25, 0.3) is 0 Å². The quantitative estimate of drug-likeness (QED) is 0.675. The molecule has 31 heavy (non-hydrogen) atoms. The van der Waals surface area contributed by atoms with E-state index in [0.717, 1.165) is 31.2 Å². The van der Waals surface area contributed by atoms with Gasteiger partial charge in [0.25, 0.3) is 5.91 Å². The van der Waals surface area contributed by atoms with Crippen molar-refractivity contribution in [2.24, 2.45) is 0 Å². The molecule has 1 saturated heterocycles. The van der Waals surface area contributed by atoms with Crippen molar-refractivity contribution < 1.29 is 13.2 Å². The van der Waals surface area contributed by atoms with Gasteiger partial charge in [-0.15, -0.1) is 0 Å². The standard InChI is InChI=1S/C23H30ClN3O3S/c1-26(2)17-21(18-10-6-5-7-11-18)25-23(28)19-12-13-20(24)22(16-19)31(29,30)27-14-8-3-4-9-15-27/h5-7,10-13,16,21H,3-4,8-9,14-15,17H2,1-2H3,(H,25,28). The smallest absolute Gasteiger partial charge is 0.251 e. The van der Waals surface area contributed by atoms with E-state index in [1.165, 1.54) is 16.4 Å². The van der Waals surface area contributed by atoms with Crippen molar-refractivity contribution in [3.8, 4) is 0 Å². The van der Waals surface area contributed by atoms with E-state index in [1.807, 2.05) is 49.3 Å². The summed E-state index contributed by atoms with van der Waals surface area (Å²) in [4.78, 5) is 15.0. The summed E-state index contributed by atoms with van der Waals surface area (Å²) in [5, 5.41) is 3.17. The third kappa shape index (κ3) is 6.07. The Balaban J connectivity index is 1.86. The molecule has 0 bridgehead atoms. The van der Waals surface area contributed by atoms with Gasteiger partial charge in [-0.3, -0.25) is 4.79 Å². The van der Waals surface area contributed by atoms with E-state index in [9.17, 15) is 13.2 Å². The minimum Gasteiger partial charge on any atom is -0.344 e. The van der Waals surface area contributed by atoms with Gasteiger partial charge < -0.3 is 10.2 Å². The molecule has 0 aromatic heterocycles. The monoisotopic (exact) mass is 463 g/mol. The number of likely N-dealkylation sites (N-methyl/N-ethyl adjacent to an activating group) is 1. The molecule has 6 nitrogen and oxygen atoms in total. The van der Waals surface area contributed by atoms with E-state index in [1.54, 1.807) is 6.07 Å². The second kappa shape index (κ2) is 10.6. The van der Waals surface area contributed by atoms with Crippen LogP contribution in [-0.2, 0) is 10.0 Å². The Kier molecular flexibility index (Phi) is 8.11. The lowest BCUT2D eigenvalue weighted by Gasteiger charge is -2.23. The Hall–Kier alpha value is -1.93. The fourth-order valence-corrected chi connectivity index (χ4v) is 5.81. The van der Waals surface area contributed by atoms with E-state index in [0.29, 0.717) is 19.6 Å². The first kappa shape index (κ1) is 23.7. The van der Waals surface area contributed by atoms with E-state index in [-0.39, 0.29) is 27.4 Å². The van der Waals surface area contributed by atoms with E-state index < -0.39 is 10.0 Å². The number of halogens is 1. The lowest BCUT2D eigenvalue weighted by Crippen LogP contribution is -2.35. The van der Waals surface area contributed by atoms with Gasteiger partial charge in [-0.05, 0) is 50.7 Å². The summed E-state index contributed by atoms with van der Waals surface area (Å²) in [5.41, 5.74) is 1.26. The number of amides is 1. The van der Waals surface area contributed by atoms with Crippen molar-refractivity contribution in [1.29, 1.82) is 0 Å². The number of rotatable bonds is 7. The van der Waals surface area contributed by atoms with Crippen LogP contribution in [0.15, 0.2) is 53.4 Å². The number of hydrogen-bond donors (Lipinski definition) is 1. The average Bonchev–Trinajstić information content (AvgIpc) is 3.04. The summed E-state index contributed by atoms with van der Waals surface area (Å²) in [6.45, 7) is 1.57. The minimum atomic E-state index is -3.76. The van der Waals surface area contributed by atoms with Crippen molar-refractivity contribution in [3.63, 3.8) is 0 Å². The molecule has 3 rings (SSSR count). The van der Waals surface area contributed by atoms with E-state index in [4.69, 9.17) is 11.6 Å². The number of hydrogen-bond acceptors (Lipinski definition) is 4. The van der Waals surface area contributed by atoms with Gasteiger partial charge in [0.1, 0.15) is 4.90 Å². The highest BCUT2D eigenvalue weighted by molar-refractivity contribution is 7.89. The molecule has 0 aliphatic carbocycles. The van der Waals surface area contributed by atoms with Crippen LogP contribution in [0.2, 0.25) is 5.02 Å². The Labute approximate surface area is 190 Å². The summed E-state index contributed by atoms with van der Waals surface area (Å²) < 4.78 is 27.9. The molecule has 2 aromatic carbocycles. The molecule has 0 saturated carbocycles. The summed E-state index contributed by atoms with van der Waals surface area (Å²) in [6.07, 6.45) is 3.71. The maximum Gasteiger partial charge on any atom is 0.251 e. The van der Waals surface area contributed by atoms with Gasteiger partial charge in [0.05, 0.1) is 11.1 Å². The molecule has 2 aromatic rings. The van der Waals surface area contributed by atoms with Crippen LogP contribution in [-0.4, -0.2) is 57.3 Å². The molecule has 1 unspecified atom stereocenters. The maximum atomic E-state index is 13.2. The lowest BCUT2D eigenvalue weighted by molar-refractivity contribution is 0.0929. The average molecular weight is 464 g/mol. The fraction of sp³-hybridized carbons (Fsp3) is 0.435. The number of nitrogens with one attached hydrogen (secondary N) is 1. The zero-order chi connectivity index (χ0) is 22.4. The predicted octanol–water partition coefficient (Wildman–Crippen LogP) is 3.94. The van der Waals surface area contributed by atoms with E-state index >= 15 is 0 Å². The number of carbonyl (C=O) groups excluding carboxylic acids is 1. The van der Waals surface area contributed by atoms with Crippen LogP contribution >= 0.6 is 11.6 Å². The van der Waals surface area contributed by atoms with Crippen molar-refractivity contribution in [3.05, 3.63) is 64.7 Å². The summed E-state index contributed by atoms with van der Waals surface area (Å²) in [6, 6.07) is 13.9. The largest absolute Gasteiger partial charge is 0.344 e. The first-order valence-corrected chi connectivity index (χ1v) is 12.4. The molecule has 1 N–H and O–H groups in total. The second-order valence-corrected chi connectivity index (χ2v) is 10.5. The summed E-state index contributed by atoms with van der Waals surface area (Å²) in [7, 11) is 0.123. The first-order chi connectivity index (χ1) is 14.8. The molecule has 0 radical (unpaired) electrons. The van der Waals surface area contributed by atoms with Crippen LogP contribution in [0.5, 0.6) is 0 Å². The number of benzene rings is 2. The molecule has 168 valence electrons. The van der Waals surface area contributed by atoms with Crippen molar-refractivity contribution >= 4 is 27.5 Å². The number of carbonyl (C=O) groups is 1. The fourth-order valence-electron chi connectivity index (χ4n) is 3.79. The molecule has 0 spiro atoms. The Morgan fingerprint density at radius 1 is 1.06 bits per heavy atom. The van der Waals surface area contributed by atoms with Crippen molar-refractivity contribution in [2.75, 3.05) is 33.7 Å². The van der Waals surface area contributed by atoms with E-state index in [2.05, 4.69) is 5.32 Å². The normalized spacial score (nSPS) is 16.6. The molecule has 1 aliphatic heterocycles. The highest BCUT2D eigenvalue weighted by Crippen LogP contribution is 2.28. The van der Waals surface area contributed by atoms with Gasteiger partial charge in [0, 0.05) is 25.2 Å². The first-order valence-electron chi connectivity index (χ1n) is 10.6. The minimum absolute atomic E-state index is 0.00686. The third-order valence-corrected chi connectivity index (χ3v) is 7.81. The highest BCUT2D eigenvalue weighted by atomic mass is 35.5. The Morgan fingerprint density at radius 2 is 1.71 bits per heavy atom. The van der Waals surface area contributed by atoms with Crippen LogP contribution in [0, 0.1) is 0 Å². The molecule has 1 aliphatic rings. The van der Waals surface area contributed by atoms with Crippen LogP contribution in [0.3, 0.4) is 0 Å². The highest BCUT2D eigenvalue weighted by Gasteiger charge is 2.28. The second-order valence-electron chi connectivity index (χ2n) is 8.16. The van der Waals surface area contributed by atoms with Gasteiger partial charge in [0.15, 0.2) is 0 Å². The Morgan fingerprint density at radius 3 is 2.32 bits per heavy atom. The van der Waals surface area contributed by atoms with Crippen molar-refractivity contribution in [2.45, 2.75) is 36.6 Å². The van der Waals surface area contributed by atoms with Crippen molar-refractivity contribution in [1.82, 2.24) is 14.5 Å². The molecule has 1 atom stereocenters. The van der Waals surface area contributed by atoms with Crippen LogP contribution in [0.1, 0.15) is 47.6 Å². The zero-order valence-electron chi connectivity index (χ0n) is 18.1.